The number of carbonyl (C=O) groups is 2. The average Bonchev–Trinajstić information content (AvgIpc) is 2.81. The summed E-state index contributed by atoms with van der Waals surface area (Å²) in [6.07, 6.45) is -0.445. The molecule has 2 aliphatic rings. The van der Waals surface area contributed by atoms with Crippen LogP contribution in [0.25, 0.3) is 10.8 Å². The maximum absolute atomic E-state index is 13.0. The number of benzene rings is 2. The molecule has 9 heteroatoms. The smallest absolute Gasteiger partial charge is 0.323 e. The lowest BCUT2D eigenvalue weighted by molar-refractivity contribution is 0.0683. The zero-order chi connectivity index (χ0) is 23.5. The number of fused-ring (bicyclic) bond motifs is 1. The van der Waals surface area contributed by atoms with Crippen LogP contribution in [0.2, 0.25) is 0 Å². The molecule has 0 aliphatic carbocycles. The third kappa shape index (κ3) is 5.07. The number of likely N-dealkylation sites (tertiary alicyclic amines) is 1. The minimum Gasteiger partial charge on any atom is -0.362 e. The monoisotopic (exact) mass is 457 g/mol. The molecule has 0 unspecified atom stereocenters. The van der Waals surface area contributed by atoms with Gasteiger partial charge in [-0.05, 0) is 42.3 Å². The second-order valence-corrected chi connectivity index (χ2v) is 8.81. The molecule has 2 aliphatic heterocycles. The fourth-order valence-electron chi connectivity index (χ4n) is 4.62. The van der Waals surface area contributed by atoms with Gasteiger partial charge in [0.1, 0.15) is 5.84 Å². The number of rotatable bonds is 4. The lowest BCUT2D eigenvalue weighted by Gasteiger charge is -2.36. The van der Waals surface area contributed by atoms with Crippen molar-refractivity contribution in [3.63, 3.8) is 0 Å². The fourth-order valence-corrected chi connectivity index (χ4v) is 4.62. The number of nitrogens with one attached hydrogen (secondary N) is 2. The zero-order valence-corrected chi connectivity index (χ0v) is 18.7. The molecule has 33 heavy (non-hydrogen) atoms. The van der Waals surface area contributed by atoms with E-state index < -0.39 is 19.0 Å². The van der Waals surface area contributed by atoms with E-state index in [1.807, 2.05) is 46.2 Å². The van der Waals surface area contributed by atoms with Gasteiger partial charge in [-0.15, -0.1) is 0 Å². The molecule has 176 valence electrons. The number of alkyl halides is 2. The molecule has 0 radical (unpaired) electrons. The van der Waals surface area contributed by atoms with Crippen LogP contribution in [-0.4, -0.2) is 73.3 Å². The van der Waals surface area contributed by atoms with Gasteiger partial charge in [0.2, 0.25) is 0 Å². The van der Waals surface area contributed by atoms with Crippen molar-refractivity contribution in [2.45, 2.75) is 26.2 Å². The van der Waals surface area contributed by atoms with E-state index in [1.54, 1.807) is 0 Å². The fraction of sp³-hybridized carbons (Fsp3) is 0.458. The SMILES string of the molecule is C[C@H]1CCCN(C(=O)c2ccc3c(N4CCN(C(=O)NCC(F)F)C(=N)C4)cccc3c2)C1. The van der Waals surface area contributed by atoms with Crippen molar-refractivity contribution in [3.8, 4) is 0 Å². The Morgan fingerprint density at radius 2 is 2.00 bits per heavy atom. The van der Waals surface area contributed by atoms with Crippen LogP contribution in [-0.2, 0) is 0 Å². The van der Waals surface area contributed by atoms with Gasteiger partial charge in [-0.2, -0.15) is 0 Å². The zero-order valence-electron chi connectivity index (χ0n) is 18.7. The van der Waals surface area contributed by atoms with E-state index in [0.29, 0.717) is 18.0 Å². The number of halogens is 2. The second kappa shape index (κ2) is 9.72. The van der Waals surface area contributed by atoms with Crippen molar-refractivity contribution in [2.24, 2.45) is 5.92 Å². The second-order valence-electron chi connectivity index (χ2n) is 8.81. The summed E-state index contributed by atoms with van der Waals surface area (Å²) in [7, 11) is 0. The summed E-state index contributed by atoms with van der Waals surface area (Å²) in [5.41, 5.74) is 1.58. The van der Waals surface area contributed by atoms with Crippen molar-refractivity contribution >= 4 is 34.2 Å². The normalized spacial score (nSPS) is 19.3. The summed E-state index contributed by atoms with van der Waals surface area (Å²) >= 11 is 0. The molecule has 2 aromatic rings. The van der Waals surface area contributed by atoms with E-state index in [2.05, 4.69) is 12.2 Å². The van der Waals surface area contributed by atoms with E-state index in [1.165, 1.54) is 4.90 Å². The topological polar surface area (TPSA) is 79.7 Å². The van der Waals surface area contributed by atoms with Gasteiger partial charge in [0.15, 0.2) is 0 Å². The number of hydrogen-bond acceptors (Lipinski definition) is 4. The van der Waals surface area contributed by atoms with E-state index in [4.69, 9.17) is 5.41 Å². The molecule has 2 heterocycles. The van der Waals surface area contributed by atoms with Crippen LogP contribution >= 0.6 is 0 Å². The molecule has 3 amide bonds. The van der Waals surface area contributed by atoms with E-state index in [-0.39, 0.29) is 24.8 Å². The first-order valence-electron chi connectivity index (χ1n) is 11.3. The van der Waals surface area contributed by atoms with Gasteiger partial charge < -0.3 is 15.1 Å². The van der Waals surface area contributed by atoms with Crippen LogP contribution in [0.4, 0.5) is 19.3 Å². The highest BCUT2D eigenvalue weighted by Gasteiger charge is 2.27. The molecular weight excluding hydrogens is 428 g/mol. The minimum absolute atomic E-state index is 0.0519. The average molecular weight is 458 g/mol. The summed E-state index contributed by atoms with van der Waals surface area (Å²) < 4.78 is 24.7. The maximum Gasteiger partial charge on any atom is 0.323 e. The Morgan fingerprint density at radius 3 is 2.73 bits per heavy atom. The van der Waals surface area contributed by atoms with Crippen LogP contribution in [0.5, 0.6) is 0 Å². The van der Waals surface area contributed by atoms with Crippen molar-refractivity contribution in [1.82, 2.24) is 15.1 Å². The van der Waals surface area contributed by atoms with Crippen molar-refractivity contribution in [2.75, 3.05) is 44.2 Å². The van der Waals surface area contributed by atoms with Gasteiger partial charge in [-0.3, -0.25) is 15.1 Å². The Morgan fingerprint density at radius 1 is 1.18 bits per heavy atom. The summed E-state index contributed by atoms with van der Waals surface area (Å²) in [5.74, 6) is 0.622. The first kappa shape index (κ1) is 22.9. The third-order valence-electron chi connectivity index (χ3n) is 6.30. The van der Waals surface area contributed by atoms with Crippen LogP contribution in [0.1, 0.15) is 30.1 Å². The summed E-state index contributed by atoms with van der Waals surface area (Å²) in [5, 5.41) is 12.3. The largest absolute Gasteiger partial charge is 0.362 e. The van der Waals surface area contributed by atoms with Crippen LogP contribution in [0.15, 0.2) is 36.4 Å². The Labute approximate surface area is 191 Å². The van der Waals surface area contributed by atoms with Crippen LogP contribution < -0.4 is 10.2 Å². The van der Waals surface area contributed by atoms with Crippen molar-refractivity contribution < 1.29 is 18.4 Å². The van der Waals surface area contributed by atoms with Crippen LogP contribution in [0, 0.1) is 11.3 Å². The number of urea groups is 1. The van der Waals surface area contributed by atoms with E-state index in [0.717, 1.165) is 42.4 Å². The number of anilines is 1. The molecule has 4 rings (SSSR count). The third-order valence-corrected chi connectivity index (χ3v) is 6.30. The number of carbonyl (C=O) groups excluding carboxylic acids is 2. The molecule has 1 atom stereocenters. The number of piperazine rings is 1. The van der Waals surface area contributed by atoms with Gasteiger partial charge in [-0.1, -0.05) is 25.1 Å². The predicted molar refractivity (Wildman–Crippen MR) is 124 cm³/mol. The summed E-state index contributed by atoms with van der Waals surface area (Å²) in [4.78, 5) is 30.2. The first-order chi connectivity index (χ1) is 15.8. The molecule has 2 saturated heterocycles. The quantitative estimate of drug-likeness (QED) is 0.733. The number of piperidine rings is 1. The summed E-state index contributed by atoms with van der Waals surface area (Å²) in [6.45, 7) is 3.91. The predicted octanol–water partition coefficient (Wildman–Crippen LogP) is 3.79. The van der Waals surface area contributed by atoms with E-state index >= 15 is 0 Å². The van der Waals surface area contributed by atoms with Gasteiger partial charge >= 0.3 is 6.03 Å². The first-order valence-corrected chi connectivity index (χ1v) is 11.3. The molecule has 2 aromatic carbocycles. The molecule has 2 fully saturated rings. The standard InChI is InChI=1S/C24H29F2N5O2/c1-16-4-3-9-30(14-16)23(32)18-7-8-19-17(12-18)5-2-6-20(19)29-10-11-31(22(27)15-29)24(33)28-13-21(25)26/h2,5-8,12,16,21,27H,3-4,9-11,13-15H2,1H3,(H,28,33)/t16-/m0/s1. The Bertz CT molecular complexity index is 1060. The lowest BCUT2D eigenvalue weighted by Crippen LogP contribution is -2.55. The molecule has 0 aromatic heterocycles. The number of amides is 3. The number of amidine groups is 1. The lowest BCUT2D eigenvalue weighted by atomic mass is 9.98. The minimum atomic E-state index is -2.63. The Kier molecular flexibility index (Phi) is 6.76. The number of hydrogen-bond donors (Lipinski definition) is 2. The van der Waals surface area contributed by atoms with E-state index in [9.17, 15) is 18.4 Å². The van der Waals surface area contributed by atoms with Crippen molar-refractivity contribution in [3.05, 3.63) is 42.0 Å². The molecule has 7 nitrogen and oxygen atoms in total. The van der Waals surface area contributed by atoms with Gasteiger partial charge in [-0.25, -0.2) is 13.6 Å². The highest BCUT2D eigenvalue weighted by Crippen LogP contribution is 2.29. The molecule has 2 N–H and O–H groups in total. The maximum atomic E-state index is 13.0. The molecule has 0 saturated carbocycles. The van der Waals surface area contributed by atoms with Crippen LogP contribution in [0.3, 0.4) is 0 Å². The molecule has 0 bridgehead atoms. The summed E-state index contributed by atoms with van der Waals surface area (Å²) in [6, 6.07) is 10.9. The van der Waals surface area contributed by atoms with Gasteiger partial charge in [0.25, 0.3) is 12.3 Å². The van der Waals surface area contributed by atoms with Gasteiger partial charge in [0, 0.05) is 42.8 Å². The van der Waals surface area contributed by atoms with Gasteiger partial charge in [0.05, 0.1) is 13.1 Å². The number of nitrogens with zero attached hydrogens (tertiary/aromatic N) is 3. The molecule has 0 spiro atoms. The Hall–Kier alpha value is -3.23. The van der Waals surface area contributed by atoms with Crippen molar-refractivity contribution in [1.29, 1.82) is 5.41 Å². The Balaban J connectivity index is 1.49. The molecular formula is C24H29F2N5O2. The highest BCUT2D eigenvalue weighted by atomic mass is 19.3. The highest BCUT2D eigenvalue weighted by molar-refractivity contribution is 6.04.